The summed E-state index contributed by atoms with van der Waals surface area (Å²) in [6.45, 7) is 0.530. The van der Waals surface area contributed by atoms with E-state index in [-0.39, 0.29) is 17.3 Å². The Balaban J connectivity index is 2.21. The zero-order valence-electron chi connectivity index (χ0n) is 14.0. The minimum atomic E-state index is -3.08. The summed E-state index contributed by atoms with van der Waals surface area (Å²) in [4.78, 5) is 13.9. The number of nitrogens with zero attached hydrogens (tertiary/aromatic N) is 1. The predicted octanol–water partition coefficient (Wildman–Crippen LogP) is 2.26. The molecule has 6 heteroatoms. The van der Waals surface area contributed by atoms with Crippen molar-refractivity contribution in [2.75, 3.05) is 20.4 Å². The van der Waals surface area contributed by atoms with Crippen molar-refractivity contribution in [3.8, 4) is 0 Å². The zero-order chi connectivity index (χ0) is 17.0. The van der Waals surface area contributed by atoms with Crippen molar-refractivity contribution in [3.05, 3.63) is 35.4 Å². The SMILES string of the molecule is COC(=O)c1ccccc1CN(C)C1CCCCC1S(C)(=O)=O. The van der Waals surface area contributed by atoms with Crippen molar-refractivity contribution >= 4 is 15.8 Å². The monoisotopic (exact) mass is 339 g/mol. The third-order valence-electron chi connectivity index (χ3n) is 4.63. The lowest BCUT2D eigenvalue weighted by atomic mass is 9.93. The van der Waals surface area contributed by atoms with Gasteiger partial charge in [-0.2, -0.15) is 0 Å². The standard InChI is InChI=1S/C17H25NO4S/c1-18(15-10-6-7-11-16(15)23(3,20)21)12-13-8-4-5-9-14(13)17(19)22-2/h4-5,8-9,15-16H,6-7,10-12H2,1-3H3. The molecule has 1 aliphatic rings. The molecule has 128 valence electrons. The second kappa shape index (κ2) is 7.45. The Morgan fingerprint density at radius 1 is 1.26 bits per heavy atom. The van der Waals surface area contributed by atoms with Crippen LogP contribution in [0, 0.1) is 0 Å². The van der Waals surface area contributed by atoms with Gasteiger partial charge < -0.3 is 4.74 Å². The number of hydrogen-bond donors (Lipinski definition) is 0. The summed E-state index contributed by atoms with van der Waals surface area (Å²) in [6, 6.07) is 7.30. The Kier molecular flexibility index (Phi) is 5.81. The van der Waals surface area contributed by atoms with E-state index in [0.29, 0.717) is 18.5 Å². The van der Waals surface area contributed by atoms with Crippen LogP contribution in [-0.4, -0.2) is 51.0 Å². The quantitative estimate of drug-likeness (QED) is 0.770. The molecule has 1 fully saturated rings. The second-order valence-corrected chi connectivity index (χ2v) is 8.55. The minimum Gasteiger partial charge on any atom is -0.465 e. The van der Waals surface area contributed by atoms with Crippen molar-refractivity contribution in [2.45, 2.75) is 43.5 Å². The van der Waals surface area contributed by atoms with E-state index in [1.807, 2.05) is 19.2 Å². The van der Waals surface area contributed by atoms with Crippen LogP contribution in [0.4, 0.5) is 0 Å². The Hall–Kier alpha value is -1.40. The van der Waals surface area contributed by atoms with Gasteiger partial charge in [-0.05, 0) is 31.5 Å². The normalized spacial score (nSPS) is 22.1. The van der Waals surface area contributed by atoms with E-state index >= 15 is 0 Å². The maximum absolute atomic E-state index is 12.1. The van der Waals surface area contributed by atoms with Gasteiger partial charge in [-0.3, -0.25) is 4.90 Å². The molecule has 5 nitrogen and oxygen atoms in total. The van der Waals surface area contributed by atoms with Gasteiger partial charge in [0.2, 0.25) is 0 Å². The van der Waals surface area contributed by atoms with Gasteiger partial charge in [0.05, 0.1) is 17.9 Å². The fraction of sp³-hybridized carbons (Fsp3) is 0.588. The first kappa shape index (κ1) is 17.9. The molecule has 0 spiro atoms. The van der Waals surface area contributed by atoms with Crippen molar-refractivity contribution in [3.63, 3.8) is 0 Å². The smallest absolute Gasteiger partial charge is 0.338 e. The first-order chi connectivity index (χ1) is 10.8. The third kappa shape index (κ3) is 4.32. The topological polar surface area (TPSA) is 63.7 Å². The summed E-state index contributed by atoms with van der Waals surface area (Å²) < 4.78 is 29.0. The minimum absolute atomic E-state index is 0.00977. The van der Waals surface area contributed by atoms with E-state index in [0.717, 1.165) is 24.8 Å². The second-order valence-electron chi connectivity index (χ2n) is 6.28. The van der Waals surface area contributed by atoms with Crippen LogP contribution in [0.1, 0.15) is 41.6 Å². The first-order valence-corrected chi connectivity index (χ1v) is 9.85. The lowest BCUT2D eigenvalue weighted by Crippen LogP contribution is -2.46. The molecule has 2 rings (SSSR count). The lowest BCUT2D eigenvalue weighted by Gasteiger charge is -2.37. The Morgan fingerprint density at radius 2 is 1.91 bits per heavy atom. The molecule has 2 unspecified atom stereocenters. The first-order valence-electron chi connectivity index (χ1n) is 7.90. The number of ether oxygens (including phenoxy) is 1. The molecular formula is C17H25NO4S. The zero-order valence-corrected chi connectivity index (χ0v) is 14.8. The van der Waals surface area contributed by atoms with E-state index in [1.54, 1.807) is 12.1 Å². The van der Waals surface area contributed by atoms with Gasteiger partial charge in [-0.1, -0.05) is 31.0 Å². The summed E-state index contributed by atoms with van der Waals surface area (Å²) >= 11 is 0. The van der Waals surface area contributed by atoms with Crippen molar-refractivity contribution in [1.29, 1.82) is 0 Å². The van der Waals surface area contributed by atoms with Gasteiger partial charge >= 0.3 is 5.97 Å². The van der Waals surface area contributed by atoms with Gasteiger partial charge in [0, 0.05) is 18.8 Å². The highest BCUT2D eigenvalue weighted by Crippen LogP contribution is 2.28. The molecule has 0 radical (unpaired) electrons. The van der Waals surface area contributed by atoms with Gasteiger partial charge in [0.1, 0.15) is 0 Å². The fourth-order valence-corrected chi connectivity index (χ4v) is 4.94. The molecule has 0 heterocycles. The van der Waals surface area contributed by atoms with Crippen LogP contribution in [0.3, 0.4) is 0 Å². The summed E-state index contributed by atoms with van der Waals surface area (Å²) in [5.74, 6) is -0.364. The molecule has 0 N–H and O–H groups in total. The van der Waals surface area contributed by atoms with Gasteiger partial charge in [0.15, 0.2) is 9.84 Å². The fourth-order valence-electron chi connectivity index (χ4n) is 3.43. The molecule has 0 saturated heterocycles. The molecule has 1 aromatic carbocycles. The van der Waals surface area contributed by atoms with Crippen molar-refractivity contribution < 1.29 is 17.9 Å². The average Bonchev–Trinajstić information content (AvgIpc) is 2.54. The molecule has 1 aromatic rings. The van der Waals surface area contributed by atoms with Gasteiger partial charge in [-0.15, -0.1) is 0 Å². The van der Waals surface area contributed by atoms with Crippen LogP contribution in [0.15, 0.2) is 24.3 Å². The van der Waals surface area contributed by atoms with Crippen molar-refractivity contribution in [1.82, 2.24) is 4.90 Å². The Morgan fingerprint density at radius 3 is 2.57 bits per heavy atom. The molecule has 1 saturated carbocycles. The number of methoxy groups -OCH3 is 1. The molecule has 0 aromatic heterocycles. The highest BCUT2D eigenvalue weighted by atomic mass is 32.2. The number of carbonyl (C=O) groups excluding carboxylic acids is 1. The molecule has 0 amide bonds. The molecule has 2 atom stereocenters. The van der Waals surface area contributed by atoms with Crippen LogP contribution in [-0.2, 0) is 21.1 Å². The van der Waals surface area contributed by atoms with Crippen molar-refractivity contribution in [2.24, 2.45) is 0 Å². The van der Waals surface area contributed by atoms with E-state index in [4.69, 9.17) is 4.74 Å². The third-order valence-corrected chi connectivity index (χ3v) is 6.28. The van der Waals surface area contributed by atoms with Crippen LogP contribution in [0.2, 0.25) is 0 Å². The summed E-state index contributed by atoms with van der Waals surface area (Å²) in [5.41, 5.74) is 1.40. The van der Waals surface area contributed by atoms with Crippen LogP contribution in [0.25, 0.3) is 0 Å². The maximum atomic E-state index is 12.1. The summed E-state index contributed by atoms with van der Waals surface area (Å²) in [6.07, 6.45) is 4.91. The highest BCUT2D eigenvalue weighted by Gasteiger charge is 2.35. The largest absolute Gasteiger partial charge is 0.465 e. The summed E-state index contributed by atoms with van der Waals surface area (Å²) in [7, 11) is 0.221. The van der Waals surface area contributed by atoms with E-state index in [2.05, 4.69) is 4.90 Å². The van der Waals surface area contributed by atoms with E-state index in [9.17, 15) is 13.2 Å². The Bertz CT molecular complexity index is 656. The van der Waals surface area contributed by atoms with Gasteiger partial charge in [0.25, 0.3) is 0 Å². The molecule has 23 heavy (non-hydrogen) atoms. The summed E-state index contributed by atoms with van der Waals surface area (Å²) in [5, 5.41) is -0.327. The highest BCUT2D eigenvalue weighted by molar-refractivity contribution is 7.91. The number of hydrogen-bond acceptors (Lipinski definition) is 5. The van der Waals surface area contributed by atoms with E-state index in [1.165, 1.54) is 13.4 Å². The van der Waals surface area contributed by atoms with E-state index < -0.39 is 9.84 Å². The lowest BCUT2D eigenvalue weighted by molar-refractivity contribution is 0.0597. The number of benzene rings is 1. The Labute approximate surface area is 138 Å². The molecular weight excluding hydrogens is 314 g/mol. The van der Waals surface area contributed by atoms with Gasteiger partial charge in [-0.25, -0.2) is 13.2 Å². The van der Waals surface area contributed by atoms with Crippen LogP contribution < -0.4 is 0 Å². The number of sulfone groups is 1. The van der Waals surface area contributed by atoms with Crippen LogP contribution in [0.5, 0.6) is 0 Å². The maximum Gasteiger partial charge on any atom is 0.338 e. The number of esters is 1. The van der Waals surface area contributed by atoms with Crippen LogP contribution >= 0.6 is 0 Å². The molecule has 1 aliphatic carbocycles. The molecule has 0 aliphatic heterocycles. The number of carbonyl (C=O) groups is 1. The number of rotatable bonds is 5. The molecule has 0 bridgehead atoms. The average molecular weight is 339 g/mol. The predicted molar refractivity (Wildman–Crippen MR) is 90.1 cm³/mol.